The highest BCUT2D eigenvalue weighted by Gasteiger charge is 2.51. The average Bonchev–Trinajstić information content (AvgIpc) is 3.60. The lowest BCUT2D eigenvalue weighted by molar-refractivity contribution is -0.228. The number of halogens is 1. The van der Waals surface area contributed by atoms with E-state index in [-0.39, 0.29) is 37.4 Å². The van der Waals surface area contributed by atoms with E-state index in [1.807, 2.05) is 47.7 Å². The van der Waals surface area contributed by atoms with Gasteiger partial charge in [-0.3, -0.25) is 4.79 Å². The van der Waals surface area contributed by atoms with Crippen LogP contribution in [0.2, 0.25) is 5.02 Å². The Morgan fingerprint density at radius 3 is 2.35 bits per heavy atom. The van der Waals surface area contributed by atoms with Crippen molar-refractivity contribution in [3.05, 3.63) is 70.9 Å². The number of carboxylic acid groups (broad SMARTS) is 1. The molecule has 0 unspecified atom stereocenters. The second-order valence-corrected chi connectivity index (χ2v) is 13.7. The van der Waals surface area contributed by atoms with Gasteiger partial charge in [0, 0.05) is 53.1 Å². The van der Waals surface area contributed by atoms with Crippen molar-refractivity contribution in [2.24, 2.45) is 11.8 Å². The average molecular weight is 605 g/mol. The number of hydrogen-bond acceptors (Lipinski definition) is 5. The maximum atomic E-state index is 14.5. The quantitative estimate of drug-likeness (QED) is 0.328. The number of piperidine rings is 2. The highest BCUT2D eigenvalue weighted by atomic mass is 35.5. The maximum absolute atomic E-state index is 14.5. The van der Waals surface area contributed by atoms with Crippen molar-refractivity contribution in [1.82, 2.24) is 20.3 Å². The minimum absolute atomic E-state index is 0.163. The lowest BCUT2D eigenvalue weighted by atomic mass is 9.64. The van der Waals surface area contributed by atoms with Crippen LogP contribution in [0.1, 0.15) is 62.5 Å². The fraction of sp³-hybridized carbons (Fsp3) is 0.485. The molecule has 3 aliphatic heterocycles. The summed E-state index contributed by atoms with van der Waals surface area (Å²) in [6.45, 7) is 1.90. The van der Waals surface area contributed by atoms with Crippen LogP contribution in [-0.4, -0.2) is 68.2 Å². The molecule has 2 aliphatic carbocycles. The lowest BCUT2D eigenvalue weighted by Crippen LogP contribution is -2.63. The number of likely N-dealkylation sites (tertiary alicyclic amines) is 1. The standard InChI is InChI=1S/C33H37ClN4O5/c1-33(16-23-17-35-28-5-3-2-4-27(23)28,36-32(42)43-38-25-11-19-10-20(13-25)14-26(38)12-19)31(41)37-18-22(15-29(37)30(39)40)21-6-8-24(34)9-7-21/h2-9,17,19-20,22,25-26,29,35H,10-16,18H2,1H3,(H,36,42)(H,39,40)/t19?,20?,22-,25?,26?,29-,33-/m1/s1. The van der Waals surface area contributed by atoms with Crippen molar-refractivity contribution in [2.45, 2.75) is 81.5 Å². The third-order valence-electron chi connectivity index (χ3n) is 10.3. The van der Waals surface area contributed by atoms with Crippen LogP contribution in [0.15, 0.2) is 54.7 Å². The van der Waals surface area contributed by atoms with Gasteiger partial charge in [-0.1, -0.05) is 41.9 Å². The monoisotopic (exact) mass is 604 g/mol. The fourth-order valence-corrected chi connectivity index (χ4v) is 8.53. The van der Waals surface area contributed by atoms with E-state index in [9.17, 15) is 19.5 Å². The molecule has 1 aromatic heterocycles. The Kier molecular flexibility index (Phi) is 7.13. The normalized spacial score (nSPS) is 29.5. The van der Waals surface area contributed by atoms with Gasteiger partial charge in [0.2, 0.25) is 5.91 Å². The van der Waals surface area contributed by atoms with Crippen LogP contribution in [0.5, 0.6) is 0 Å². The van der Waals surface area contributed by atoms with Crippen molar-refractivity contribution in [2.75, 3.05) is 6.54 Å². The zero-order chi connectivity index (χ0) is 29.9. The van der Waals surface area contributed by atoms with Gasteiger partial charge in [0.25, 0.3) is 0 Å². The fourth-order valence-electron chi connectivity index (χ4n) is 8.41. The number of nitrogens with zero attached hydrogens (tertiary/aromatic N) is 2. The van der Waals surface area contributed by atoms with E-state index in [0.717, 1.165) is 47.7 Å². The van der Waals surface area contributed by atoms with Gasteiger partial charge >= 0.3 is 12.1 Å². The first-order chi connectivity index (χ1) is 20.7. The number of carboxylic acids is 1. The molecule has 0 radical (unpaired) electrons. The van der Waals surface area contributed by atoms with Crippen molar-refractivity contribution in [3.8, 4) is 0 Å². The van der Waals surface area contributed by atoms with E-state index >= 15 is 0 Å². The molecule has 2 aromatic carbocycles. The maximum Gasteiger partial charge on any atom is 0.427 e. The summed E-state index contributed by atoms with van der Waals surface area (Å²) in [5, 5.41) is 16.5. The van der Waals surface area contributed by atoms with E-state index in [2.05, 4.69) is 10.3 Å². The molecule has 5 aliphatic rings. The Hall–Kier alpha value is -3.56. The number of hydroxylamine groups is 2. The van der Waals surface area contributed by atoms with Gasteiger partial charge in [0.05, 0.1) is 0 Å². The summed E-state index contributed by atoms with van der Waals surface area (Å²) in [7, 11) is 0. The predicted octanol–water partition coefficient (Wildman–Crippen LogP) is 5.50. The van der Waals surface area contributed by atoms with Crippen LogP contribution in [-0.2, 0) is 20.8 Å². The van der Waals surface area contributed by atoms with E-state index in [4.69, 9.17) is 16.4 Å². The largest absolute Gasteiger partial charge is 0.480 e. The van der Waals surface area contributed by atoms with Gasteiger partial charge < -0.3 is 25.1 Å². The second kappa shape index (κ2) is 10.9. The number of hydrogen-bond donors (Lipinski definition) is 3. The number of aliphatic carboxylic acids is 1. The summed E-state index contributed by atoms with van der Waals surface area (Å²) in [6, 6.07) is 14.5. The van der Waals surface area contributed by atoms with Gasteiger partial charge in [0.1, 0.15) is 11.6 Å². The van der Waals surface area contributed by atoms with Gasteiger partial charge in [-0.25, -0.2) is 9.59 Å². The predicted molar refractivity (Wildman–Crippen MR) is 161 cm³/mol. The highest BCUT2D eigenvalue weighted by molar-refractivity contribution is 6.30. The van der Waals surface area contributed by atoms with Crippen LogP contribution in [0.4, 0.5) is 4.79 Å². The summed E-state index contributed by atoms with van der Waals surface area (Å²) < 4.78 is 0. The number of benzene rings is 2. The topological polar surface area (TPSA) is 115 Å². The minimum atomic E-state index is -1.46. The molecule has 3 atom stereocenters. The molecule has 4 heterocycles. The van der Waals surface area contributed by atoms with Crippen LogP contribution in [0.25, 0.3) is 10.9 Å². The van der Waals surface area contributed by atoms with Gasteiger partial charge in [-0.15, -0.1) is 5.06 Å². The zero-order valence-electron chi connectivity index (χ0n) is 24.2. The highest BCUT2D eigenvalue weighted by Crippen LogP contribution is 2.49. The molecule has 8 rings (SSSR count). The van der Waals surface area contributed by atoms with Crippen LogP contribution in [0, 0.1) is 11.8 Å². The third kappa shape index (κ3) is 5.27. The number of amides is 2. The van der Waals surface area contributed by atoms with E-state index in [1.54, 1.807) is 19.1 Å². The summed E-state index contributed by atoms with van der Waals surface area (Å²) in [5.41, 5.74) is 1.23. The molecule has 226 valence electrons. The van der Waals surface area contributed by atoms with E-state index in [0.29, 0.717) is 16.9 Å². The molecule has 9 nitrogen and oxygen atoms in total. The van der Waals surface area contributed by atoms with Crippen molar-refractivity contribution >= 4 is 40.5 Å². The van der Waals surface area contributed by atoms with E-state index < -0.39 is 29.6 Å². The number of aromatic nitrogens is 1. The Morgan fingerprint density at radius 1 is 1.00 bits per heavy atom. The van der Waals surface area contributed by atoms with Crippen molar-refractivity contribution in [1.29, 1.82) is 0 Å². The number of carbonyl (C=O) groups excluding carboxylic acids is 2. The Morgan fingerprint density at radius 2 is 1.67 bits per heavy atom. The van der Waals surface area contributed by atoms with E-state index in [1.165, 1.54) is 11.3 Å². The summed E-state index contributed by atoms with van der Waals surface area (Å²) in [4.78, 5) is 51.2. The summed E-state index contributed by atoms with van der Waals surface area (Å²) in [5.74, 6) is -0.280. The molecular weight excluding hydrogens is 568 g/mol. The Labute approximate surface area is 255 Å². The molecule has 5 fully saturated rings. The minimum Gasteiger partial charge on any atom is -0.480 e. The first kappa shape index (κ1) is 28.2. The molecule has 4 bridgehead atoms. The number of rotatable bonds is 7. The van der Waals surface area contributed by atoms with Crippen LogP contribution in [0.3, 0.4) is 0 Å². The number of para-hydroxylation sites is 1. The molecular formula is C33H37ClN4O5. The molecule has 3 aromatic rings. The molecule has 0 spiro atoms. The van der Waals surface area contributed by atoms with Gasteiger partial charge in [-0.2, -0.15) is 0 Å². The molecule has 2 saturated carbocycles. The number of carbonyl (C=O) groups is 3. The first-order valence-corrected chi connectivity index (χ1v) is 15.7. The number of H-pyrrole nitrogens is 1. The Balaban J connectivity index is 1.17. The molecule has 43 heavy (non-hydrogen) atoms. The molecule has 3 saturated heterocycles. The Bertz CT molecular complexity index is 1530. The lowest BCUT2D eigenvalue weighted by Gasteiger charge is -2.54. The van der Waals surface area contributed by atoms with Gasteiger partial charge in [-0.05, 0) is 86.6 Å². The number of fused-ring (bicyclic) bond motifs is 1. The van der Waals surface area contributed by atoms with Crippen molar-refractivity contribution in [3.63, 3.8) is 0 Å². The van der Waals surface area contributed by atoms with Crippen LogP contribution < -0.4 is 5.32 Å². The third-order valence-corrected chi connectivity index (χ3v) is 10.5. The van der Waals surface area contributed by atoms with Gasteiger partial charge in [0.15, 0.2) is 0 Å². The summed E-state index contributed by atoms with van der Waals surface area (Å²) in [6.07, 6.45) is 7.02. The number of nitrogens with one attached hydrogen (secondary N) is 2. The number of aromatic amines is 1. The zero-order valence-corrected chi connectivity index (χ0v) is 24.9. The molecule has 10 heteroatoms. The summed E-state index contributed by atoms with van der Waals surface area (Å²) >= 11 is 6.09. The van der Waals surface area contributed by atoms with Crippen molar-refractivity contribution < 1.29 is 24.3 Å². The second-order valence-electron chi connectivity index (χ2n) is 13.2. The van der Waals surface area contributed by atoms with Crippen LogP contribution >= 0.6 is 11.6 Å². The molecule has 2 amide bonds. The first-order valence-electron chi connectivity index (χ1n) is 15.3. The molecule has 3 N–H and O–H groups in total. The SMILES string of the molecule is C[C@](Cc1c[nH]c2ccccc12)(NC(=O)ON1C2CC3CC(C2)CC1C3)C(=O)N1C[C@H](c2ccc(Cl)cc2)C[C@@H]1C(=O)O. The smallest absolute Gasteiger partial charge is 0.427 e.